The highest BCUT2D eigenvalue weighted by Crippen LogP contribution is 2.25. The molecule has 1 heterocycles. The van der Waals surface area contributed by atoms with Crippen molar-refractivity contribution >= 4 is 37.5 Å². The lowest BCUT2D eigenvalue weighted by Gasteiger charge is -1.90. The van der Waals surface area contributed by atoms with Gasteiger partial charge in [0.25, 0.3) is 0 Å². The molecule has 0 N–H and O–H groups in total. The van der Waals surface area contributed by atoms with Gasteiger partial charge in [0.05, 0.1) is 9.71 Å². The van der Waals surface area contributed by atoms with Crippen molar-refractivity contribution < 1.29 is 8.78 Å². The summed E-state index contributed by atoms with van der Waals surface area (Å²) >= 11 is 4.60. The van der Waals surface area contributed by atoms with E-state index in [0.717, 1.165) is 22.8 Å². The van der Waals surface area contributed by atoms with Gasteiger partial charge < -0.3 is 0 Å². The van der Waals surface area contributed by atoms with E-state index in [1.54, 1.807) is 0 Å². The fourth-order valence-corrected chi connectivity index (χ4v) is 2.84. The number of thiazole rings is 1. The van der Waals surface area contributed by atoms with Crippen molar-refractivity contribution in [2.75, 3.05) is 5.33 Å². The van der Waals surface area contributed by atoms with Gasteiger partial charge in [0, 0.05) is 17.8 Å². The van der Waals surface area contributed by atoms with E-state index in [2.05, 4.69) is 20.9 Å². The van der Waals surface area contributed by atoms with Crippen LogP contribution in [0.1, 0.15) is 5.01 Å². The number of hydrogen-bond donors (Lipinski definition) is 0. The number of alkyl halides is 1. The van der Waals surface area contributed by atoms with Crippen LogP contribution in [0.4, 0.5) is 8.78 Å². The van der Waals surface area contributed by atoms with Crippen molar-refractivity contribution in [1.29, 1.82) is 0 Å². The first kappa shape index (κ1) is 9.98. The average molecular weight is 278 g/mol. The second kappa shape index (κ2) is 3.90. The van der Waals surface area contributed by atoms with Gasteiger partial charge in [-0.3, -0.25) is 0 Å². The molecule has 0 radical (unpaired) electrons. The molecule has 74 valence electrons. The number of nitrogens with zero attached hydrogens (tertiary/aromatic N) is 1. The second-order valence-electron chi connectivity index (χ2n) is 2.78. The van der Waals surface area contributed by atoms with Crippen LogP contribution in [0, 0.1) is 11.6 Å². The number of hydrogen-bond acceptors (Lipinski definition) is 2. The highest BCUT2D eigenvalue weighted by molar-refractivity contribution is 9.09. The van der Waals surface area contributed by atoms with Gasteiger partial charge in [0.2, 0.25) is 0 Å². The number of fused-ring (bicyclic) bond motifs is 1. The first-order chi connectivity index (χ1) is 6.70. The standard InChI is InChI=1S/C9H6BrF2NS/c10-2-1-8-13-9-6(12)3-5(11)4-7(9)14-8/h3-4H,1-2H2. The highest BCUT2D eigenvalue weighted by Gasteiger charge is 2.09. The van der Waals surface area contributed by atoms with E-state index in [1.807, 2.05) is 0 Å². The van der Waals surface area contributed by atoms with Crippen LogP contribution in [-0.4, -0.2) is 10.3 Å². The Hall–Kier alpha value is -0.550. The number of benzene rings is 1. The molecule has 0 atom stereocenters. The Morgan fingerprint density at radius 3 is 2.86 bits per heavy atom. The average Bonchev–Trinajstić information content (AvgIpc) is 2.48. The van der Waals surface area contributed by atoms with Gasteiger partial charge in [-0.2, -0.15) is 0 Å². The molecule has 5 heteroatoms. The summed E-state index contributed by atoms with van der Waals surface area (Å²) in [4.78, 5) is 4.09. The quantitative estimate of drug-likeness (QED) is 0.766. The summed E-state index contributed by atoms with van der Waals surface area (Å²) < 4.78 is 26.6. The highest BCUT2D eigenvalue weighted by atomic mass is 79.9. The predicted molar refractivity (Wildman–Crippen MR) is 57.0 cm³/mol. The van der Waals surface area contributed by atoms with Gasteiger partial charge in [0.1, 0.15) is 11.3 Å². The van der Waals surface area contributed by atoms with Crippen molar-refractivity contribution in [1.82, 2.24) is 4.98 Å². The lowest BCUT2D eigenvalue weighted by molar-refractivity contribution is 0.591. The molecule has 2 rings (SSSR count). The maximum Gasteiger partial charge on any atom is 0.153 e. The largest absolute Gasteiger partial charge is 0.238 e. The zero-order chi connectivity index (χ0) is 10.1. The summed E-state index contributed by atoms with van der Waals surface area (Å²) in [5.41, 5.74) is 0.271. The molecule has 1 aromatic carbocycles. The first-order valence-electron chi connectivity index (χ1n) is 4.01. The van der Waals surface area contributed by atoms with E-state index in [1.165, 1.54) is 17.4 Å². The van der Waals surface area contributed by atoms with Crippen molar-refractivity contribution in [3.05, 3.63) is 28.8 Å². The number of rotatable bonds is 2. The summed E-state index contributed by atoms with van der Waals surface area (Å²) in [6, 6.07) is 2.17. The zero-order valence-electron chi connectivity index (χ0n) is 7.06. The van der Waals surface area contributed by atoms with Crippen molar-refractivity contribution in [3.8, 4) is 0 Å². The van der Waals surface area contributed by atoms with Gasteiger partial charge in [0.15, 0.2) is 5.82 Å². The van der Waals surface area contributed by atoms with Gasteiger partial charge in [-0.05, 0) is 6.07 Å². The number of halogens is 3. The van der Waals surface area contributed by atoms with Crippen LogP contribution < -0.4 is 0 Å². The summed E-state index contributed by atoms with van der Waals surface area (Å²) in [6.45, 7) is 0. The van der Waals surface area contributed by atoms with Gasteiger partial charge in [-0.15, -0.1) is 11.3 Å². The van der Waals surface area contributed by atoms with Crippen LogP contribution in [0.2, 0.25) is 0 Å². The van der Waals surface area contributed by atoms with E-state index in [-0.39, 0.29) is 5.52 Å². The number of aryl methyl sites for hydroxylation is 1. The molecule has 1 aromatic heterocycles. The maximum absolute atomic E-state index is 13.2. The lowest BCUT2D eigenvalue weighted by atomic mass is 10.3. The fourth-order valence-electron chi connectivity index (χ4n) is 1.19. The molecule has 0 bridgehead atoms. The number of aromatic nitrogens is 1. The van der Waals surface area contributed by atoms with Crippen molar-refractivity contribution in [2.45, 2.75) is 6.42 Å². The minimum Gasteiger partial charge on any atom is -0.238 e. The molecule has 0 aliphatic rings. The van der Waals surface area contributed by atoms with E-state index >= 15 is 0 Å². The first-order valence-corrected chi connectivity index (χ1v) is 5.95. The Bertz CT molecular complexity index is 469. The Morgan fingerprint density at radius 2 is 2.14 bits per heavy atom. The molecule has 0 spiro atoms. The van der Waals surface area contributed by atoms with Gasteiger partial charge in [-0.25, -0.2) is 13.8 Å². The zero-order valence-corrected chi connectivity index (χ0v) is 9.46. The molecule has 0 amide bonds. The summed E-state index contributed by atoms with van der Waals surface area (Å²) in [7, 11) is 0. The predicted octanol–water partition coefficient (Wildman–Crippen LogP) is 3.51. The van der Waals surface area contributed by atoms with Crippen molar-refractivity contribution in [3.63, 3.8) is 0 Å². The van der Waals surface area contributed by atoms with Crippen LogP contribution in [0.5, 0.6) is 0 Å². The molecule has 0 saturated heterocycles. The van der Waals surface area contributed by atoms with E-state index in [0.29, 0.717) is 4.70 Å². The summed E-state index contributed by atoms with van der Waals surface area (Å²) in [5.74, 6) is -1.14. The smallest absolute Gasteiger partial charge is 0.153 e. The third kappa shape index (κ3) is 1.79. The molecule has 14 heavy (non-hydrogen) atoms. The molecule has 0 saturated carbocycles. The van der Waals surface area contributed by atoms with Gasteiger partial charge in [-0.1, -0.05) is 15.9 Å². The van der Waals surface area contributed by atoms with Crippen LogP contribution in [0.25, 0.3) is 10.2 Å². The summed E-state index contributed by atoms with van der Waals surface area (Å²) in [6.07, 6.45) is 0.737. The molecule has 0 unspecified atom stereocenters. The minimum absolute atomic E-state index is 0.271. The Balaban J connectivity index is 2.58. The van der Waals surface area contributed by atoms with Crippen LogP contribution in [0.3, 0.4) is 0 Å². The lowest BCUT2D eigenvalue weighted by Crippen LogP contribution is -1.84. The van der Waals surface area contributed by atoms with Crippen LogP contribution in [0.15, 0.2) is 12.1 Å². The third-order valence-corrected chi connectivity index (χ3v) is 3.22. The molecular weight excluding hydrogens is 272 g/mol. The second-order valence-corrected chi connectivity index (χ2v) is 4.69. The van der Waals surface area contributed by atoms with E-state index in [9.17, 15) is 8.78 Å². The molecule has 0 aliphatic heterocycles. The Morgan fingerprint density at radius 1 is 1.36 bits per heavy atom. The third-order valence-electron chi connectivity index (χ3n) is 1.77. The van der Waals surface area contributed by atoms with E-state index < -0.39 is 11.6 Å². The van der Waals surface area contributed by atoms with Crippen LogP contribution >= 0.6 is 27.3 Å². The van der Waals surface area contributed by atoms with E-state index in [4.69, 9.17) is 0 Å². The summed E-state index contributed by atoms with van der Waals surface area (Å²) in [5, 5.41) is 1.60. The SMILES string of the molecule is Fc1cc(F)c2nc(CCBr)sc2c1. The topological polar surface area (TPSA) is 12.9 Å². The molecule has 2 aromatic rings. The minimum atomic E-state index is -0.586. The Kier molecular flexibility index (Phi) is 2.78. The monoisotopic (exact) mass is 277 g/mol. The Labute approximate surface area is 91.9 Å². The van der Waals surface area contributed by atoms with Crippen LogP contribution in [-0.2, 0) is 6.42 Å². The fraction of sp³-hybridized carbons (Fsp3) is 0.222. The normalized spacial score (nSPS) is 11.1. The molecule has 0 aliphatic carbocycles. The molecular formula is C9H6BrF2NS. The molecule has 0 fully saturated rings. The molecule has 1 nitrogen and oxygen atoms in total. The van der Waals surface area contributed by atoms with Crippen molar-refractivity contribution in [2.24, 2.45) is 0 Å². The van der Waals surface area contributed by atoms with Gasteiger partial charge >= 0.3 is 0 Å². The maximum atomic E-state index is 13.2.